The normalized spacial score (nSPS) is 11.0. The molecule has 0 bridgehead atoms. The smallest absolute Gasteiger partial charge is 0.402 e. The van der Waals surface area contributed by atoms with E-state index < -0.39 is 6.09 Å². The Bertz CT molecular complexity index is 606. The standard InChI is InChI=1S/C14H16N2O2.CH3NO2/c1-3-18-14(17)13-9-15-10-16(13)11(2)12-7-5-4-6-8-12;2-1(3)4/h4-11H,3H2,1-2H3;2H2,(H,3,4). The molecule has 0 fully saturated rings. The summed E-state index contributed by atoms with van der Waals surface area (Å²) in [5.74, 6) is -0.335. The number of carboxylic acid groups (broad SMARTS) is 1. The molecular formula is C15H19N3O4. The van der Waals surface area contributed by atoms with Crippen LogP contribution in [-0.4, -0.2) is 33.3 Å². The van der Waals surface area contributed by atoms with Gasteiger partial charge in [0, 0.05) is 0 Å². The molecule has 0 spiro atoms. The summed E-state index contributed by atoms with van der Waals surface area (Å²) in [5.41, 5.74) is 5.63. The zero-order chi connectivity index (χ0) is 16.5. The summed E-state index contributed by atoms with van der Waals surface area (Å²) in [5, 5.41) is 7.19. The molecule has 118 valence electrons. The zero-order valence-electron chi connectivity index (χ0n) is 12.5. The van der Waals surface area contributed by atoms with Crippen LogP contribution in [0.25, 0.3) is 0 Å². The highest BCUT2D eigenvalue weighted by molar-refractivity contribution is 5.87. The lowest BCUT2D eigenvalue weighted by Crippen LogP contribution is -2.15. The molecule has 2 rings (SSSR count). The zero-order valence-corrected chi connectivity index (χ0v) is 12.5. The first-order valence-corrected chi connectivity index (χ1v) is 6.69. The van der Waals surface area contributed by atoms with E-state index in [0.717, 1.165) is 5.56 Å². The van der Waals surface area contributed by atoms with Crippen LogP contribution in [0.3, 0.4) is 0 Å². The maximum absolute atomic E-state index is 11.8. The minimum absolute atomic E-state index is 0.0492. The summed E-state index contributed by atoms with van der Waals surface area (Å²) in [6.07, 6.45) is 1.86. The van der Waals surface area contributed by atoms with Crippen molar-refractivity contribution in [3.63, 3.8) is 0 Å². The second-order valence-corrected chi connectivity index (χ2v) is 4.33. The fourth-order valence-corrected chi connectivity index (χ4v) is 1.87. The van der Waals surface area contributed by atoms with Crippen molar-refractivity contribution in [1.82, 2.24) is 9.55 Å². The van der Waals surface area contributed by atoms with Gasteiger partial charge in [-0.25, -0.2) is 14.6 Å². The Morgan fingerprint density at radius 2 is 1.95 bits per heavy atom. The molecule has 1 atom stereocenters. The molecule has 7 nitrogen and oxygen atoms in total. The maximum atomic E-state index is 11.8. The van der Waals surface area contributed by atoms with Crippen molar-refractivity contribution in [2.24, 2.45) is 5.73 Å². The van der Waals surface area contributed by atoms with Crippen molar-refractivity contribution in [3.05, 3.63) is 54.1 Å². The highest BCUT2D eigenvalue weighted by Crippen LogP contribution is 2.19. The van der Waals surface area contributed by atoms with E-state index in [1.807, 2.05) is 41.8 Å². The van der Waals surface area contributed by atoms with Gasteiger partial charge in [0.1, 0.15) is 5.69 Å². The Balaban J connectivity index is 0.000000541. The van der Waals surface area contributed by atoms with Crippen LogP contribution >= 0.6 is 0 Å². The number of carbonyl (C=O) groups is 2. The lowest BCUT2D eigenvalue weighted by molar-refractivity contribution is 0.0512. The molecule has 0 aliphatic rings. The summed E-state index contributed by atoms with van der Waals surface area (Å²) in [6, 6.07) is 10.0. The molecular weight excluding hydrogens is 286 g/mol. The summed E-state index contributed by atoms with van der Waals surface area (Å²) in [6.45, 7) is 4.18. The average molecular weight is 305 g/mol. The maximum Gasteiger partial charge on any atom is 0.402 e. The quantitative estimate of drug-likeness (QED) is 0.843. The van der Waals surface area contributed by atoms with Crippen LogP contribution in [0.4, 0.5) is 4.79 Å². The number of hydrogen-bond acceptors (Lipinski definition) is 4. The highest BCUT2D eigenvalue weighted by atomic mass is 16.5. The average Bonchev–Trinajstić information content (AvgIpc) is 2.96. The molecule has 3 N–H and O–H groups in total. The lowest BCUT2D eigenvalue weighted by atomic mass is 10.1. The van der Waals surface area contributed by atoms with Crippen LogP contribution in [-0.2, 0) is 4.74 Å². The van der Waals surface area contributed by atoms with Gasteiger partial charge in [-0.3, -0.25) is 0 Å². The number of nitrogens with two attached hydrogens (primary N) is 1. The Kier molecular flexibility index (Phi) is 6.62. The van der Waals surface area contributed by atoms with Crippen molar-refractivity contribution in [2.45, 2.75) is 19.9 Å². The topological polar surface area (TPSA) is 107 Å². The van der Waals surface area contributed by atoms with Gasteiger partial charge in [0.2, 0.25) is 0 Å². The van der Waals surface area contributed by atoms with E-state index in [9.17, 15) is 4.79 Å². The third-order valence-corrected chi connectivity index (χ3v) is 2.85. The van der Waals surface area contributed by atoms with Gasteiger partial charge in [0.15, 0.2) is 0 Å². The van der Waals surface area contributed by atoms with Gasteiger partial charge in [-0.2, -0.15) is 0 Å². The molecule has 1 heterocycles. The molecule has 1 unspecified atom stereocenters. The second kappa shape index (κ2) is 8.46. The van der Waals surface area contributed by atoms with E-state index in [-0.39, 0.29) is 12.0 Å². The van der Waals surface area contributed by atoms with Crippen molar-refractivity contribution in [3.8, 4) is 0 Å². The molecule has 0 aliphatic heterocycles. The number of ether oxygens (including phenoxy) is 1. The molecule has 0 saturated carbocycles. The lowest BCUT2D eigenvalue weighted by Gasteiger charge is -2.16. The number of primary amides is 1. The third-order valence-electron chi connectivity index (χ3n) is 2.85. The fraction of sp³-hybridized carbons (Fsp3) is 0.267. The van der Waals surface area contributed by atoms with E-state index in [4.69, 9.17) is 14.6 Å². The first-order valence-electron chi connectivity index (χ1n) is 6.69. The van der Waals surface area contributed by atoms with Crippen molar-refractivity contribution in [2.75, 3.05) is 6.61 Å². The molecule has 7 heteroatoms. The second-order valence-electron chi connectivity index (χ2n) is 4.33. The number of rotatable bonds is 4. The number of nitrogens with zero attached hydrogens (tertiary/aromatic N) is 2. The third kappa shape index (κ3) is 4.93. The molecule has 1 aromatic heterocycles. The van der Waals surface area contributed by atoms with Crippen LogP contribution < -0.4 is 5.73 Å². The number of esters is 1. The number of hydrogen-bond donors (Lipinski definition) is 2. The molecule has 22 heavy (non-hydrogen) atoms. The number of imidazole rings is 1. The van der Waals surface area contributed by atoms with E-state index >= 15 is 0 Å². The highest BCUT2D eigenvalue weighted by Gasteiger charge is 2.17. The summed E-state index contributed by atoms with van der Waals surface area (Å²) >= 11 is 0. The largest absolute Gasteiger partial charge is 0.465 e. The van der Waals surface area contributed by atoms with Gasteiger partial charge >= 0.3 is 12.1 Å². The van der Waals surface area contributed by atoms with E-state index in [2.05, 4.69) is 10.7 Å². The van der Waals surface area contributed by atoms with Gasteiger partial charge < -0.3 is 20.1 Å². The van der Waals surface area contributed by atoms with Crippen LogP contribution in [0.5, 0.6) is 0 Å². The minimum Gasteiger partial charge on any atom is -0.465 e. The number of aromatic nitrogens is 2. The van der Waals surface area contributed by atoms with Gasteiger partial charge in [-0.15, -0.1) is 0 Å². The van der Waals surface area contributed by atoms with Gasteiger partial charge in [-0.1, -0.05) is 30.3 Å². The Labute approximate surface area is 128 Å². The molecule has 1 amide bonds. The van der Waals surface area contributed by atoms with E-state index in [1.54, 1.807) is 13.3 Å². The predicted molar refractivity (Wildman–Crippen MR) is 80.7 cm³/mol. The van der Waals surface area contributed by atoms with Crippen molar-refractivity contribution < 1.29 is 19.4 Å². The molecule has 0 aliphatic carbocycles. The Hall–Kier alpha value is -2.83. The molecule has 1 aromatic carbocycles. The summed E-state index contributed by atoms with van der Waals surface area (Å²) in [4.78, 5) is 24.6. The SMILES string of the molecule is CCOC(=O)c1cncn1C(C)c1ccccc1.NC(=O)O. The van der Waals surface area contributed by atoms with Crippen LogP contribution in [0.2, 0.25) is 0 Å². The van der Waals surface area contributed by atoms with Crippen LogP contribution in [0.1, 0.15) is 35.9 Å². The van der Waals surface area contributed by atoms with Crippen molar-refractivity contribution in [1.29, 1.82) is 0 Å². The van der Waals surface area contributed by atoms with Gasteiger partial charge in [0.25, 0.3) is 0 Å². The van der Waals surface area contributed by atoms with Crippen LogP contribution in [0.15, 0.2) is 42.9 Å². The predicted octanol–water partition coefficient (Wildman–Crippen LogP) is 2.29. The first kappa shape index (κ1) is 17.2. The van der Waals surface area contributed by atoms with Crippen LogP contribution in [0, 0.1) is 0 Å². The number of carbonyl (C=O) groups excluding carboxylic acids is 1. The summed E-state index contributed by atoms with van der Waals surface area (Å²) in [7, 11) is 0. The molecule has 0 saturated heterocycles. The van der Waals surface area contributed by atoms with E-state index in [1.165, 1.54) is 6.20 Å². The molecule has 0 radical (unpaired) electrons. The van der Waals surface area contributed by atoms with Gasteiger partial charge in [-0.05, 0) is 19.4 Å². The fourth-order valence-electron chi connectivity index (χ4n) is 1.87. The number of benzene rings is 1. The van der Waals surface area contributed by atoms with E-state index in [0.29, 0.717) is 12.3 Å². The molecule has 2 aromatic rings. The Morgan fingerprint density at radius 3 is 2.50 bits per heavy atom. The summed E-state index contributed by atoms with van der Waals surface area (Å²) < 4.78 is 6.84. The Morgan fingerprint density at radius 1 is 1.36 bits per heavy atom. The van der Waals surface area contributed by atoms with Gasteiger partial charge in [0.05, 0.1) is 25.2 Å². The monoisotopic (exact) mass is 305 g/mol. The first-order chi connectivity index (χ1) is 10.5. The minimum atomic E-state index is -1.33. The number of amides is 1. The van der Waals surface area contributed by atoms with Crippen molar-refractivity contribution >= 4 is 12.1 Å².